The second-order valence-corrected chi connectivity index (χ2v) is 42.1. The molecule has 65 heavy (non-hydrogen) atoms. The van der Waals surface area contributed by atoms with E-state index in [9.17, 15) is 19.8 Å². The van der Waals surface area contributed by atoms with Crippen molar-refractivity contribution in [2.24, 2.45) is 69.0 Å². The number of carbonyl (C=O) groups is 2. The number of aliphatic hydroxyl groups is 2. The van der Waals surface area contributed by atoms with Crippen LogP contribution in [0, 0.1) is 69.0 Å². The molecule has 11 heteroatoms. The van der Waals surface area contributed by atoms with Crippen molar-refractivity contribution in [3.05, 3.63) is 24.3 Å². The van der Waals surface area contributed by atoms with E-state index in [0.717, 1.165) is 64.2 Å². The first-order valence-electron chi connectivity index (χ1n) is 25.7. The summed E-state index contributed by atoms with van der Waals surface area (Å²) in [7, 11) is -4.95. The largest absolute Gasteiger partial charge is 0.455 e. The summed E-state index contributed by atoms with van der Waals surface area (Å²) in [5.74, 6) is 3.85. The Morgan fingerprint density at radius 3 is 1.29 bits per heavy atom. The number of allylic oxidation sites excluding steroid dienone is 4. The average Bonchev–Trinajstić information content (AvgIpc) is 3.71. The molecule has 6 saturated carbocycles. The highest BCUT2D eigenvalue weighted by atomic mass is 79.9. The lowest BCUT2D eigenvalue weighted by molar-refractivity contribution is -0.126. The number of ketones is 2. The maximum atomic E-state index is 12.9. The summed E-state index contributed by atoms with van der Waals surface area (Å²) in [4.78, 5) is 26.0. The summed E-state index contributed by atoms with van der Waals surface area (Å²) >= 11 is 17.5. The molecule has 0 aromatic carbocycles. The minimum Gasteiger partial charge on any atom is -0.455 e. The molecule has 6 fully saturated rings. The first-order valence-corrected chi connectivity index (χ1v) is 35.0. The van der Waals surface area contributed by atoms with E-state index in [1.165, 1.54) is 0 Å². The molecular weight excluding hydrogens is 1100 g/mol. The van der Waals surface area contributed by atoms with Gasteiger partial charge in [-0.2, -0.15) is 0 Å². The number of Topliss-reactive ketones (excluding diaryl/α,β-unsaturated/α-hetero) is 2. The van der Waals surface area contributed by atoms with Crippen molar-refractivity contribution >= 4 is 91.9 Å². The van der Waals surface area contributed by atoms with Crippen molar-refractivity contribution in [1.29, 1.82) is 0 Å². The van der Waals surface area contributed by atoms with Crippen molar-refractivity contribution in [2.45, 2.75) is 225 Å². The summed E-state index contributed by atoms with van der Waals surface area (Å²) < 4.78 is 7.18. The van der Waals surface area contributed by atoms with Crippen LogP contribution in [0.5, 0.6) is 0 Å². The highest BCUT2D eigenvalue weighted by Crippen LogP contribution is 2.73. The number of halogens is 4. The van der Waals surface area contributed by atoms with Gasteiger partial charge in [-0.05, 0) is 197 Å². The van der Waals surface area contributed by atoms with E-state index >= 15 is 0 Å². The molecular formula is C54H86Br4O5Si2. The van der Waals surface area contributed by atoms with Crippen LogP contribution in [-0.4, -0.2) is 67.9 Å². The Bertz CT molecular complexity index is 1870. The van der Waals surface area contributed by atoms with Crippen molar-refractivity contribution in [3.8, 4) is 0 Å². The molecule has 8 aliphatic carbocycles. The van der Waals surface area contributed by atoms with Crippen molar-refractivity contribution < 1.29 is 23.9 Å². The summed E-state index contributed by atoms with van der Waals surface area (Å²) in [6, 6.07) is 0. The lowest BCUT2D eigenvalue weighted by Gasteiger charge is -2.66. The van der Waals surface area contributed by atoms with Crippen LogP contribution in [0.2, 0.25) is 36.3 Å². The number of rotatable bonds is 10. The third-order valence-electron chi connectivity index (χ3n) is 22.9. The Kier molecular flexibility index (Phi) is 13.1. The average molecular weight is 1190 g/mol. The normalized spacial score (nSPS) is 50.7. The van der Waals surface area contributed by atoms with Gasteiger partial charge in [0, 0.05) is 30.1 Å². The number of alkyl halides is 4. The van der Waals surface area contributed by atoms with Gasteiger partial charge >= 0.3 is 0 Å². The van der Waals surface area contributed by atoms with Gasteiger partial charge in [0.1, 0.15) is 11.6 Å². The Morgan fingerprint density at radius 2 is 0.969 bits per heavy atom. The fraction of sp³-hybridized carbons (Fsp3) is 0.889. The predicted octanol–water partition coefficient (Wildman–Crippen LogP) is 15.0. The third kappa shape index (κ3) is 7.72. The number of carbonyl (C=O) groups excluding carboxylic acids is 2. The standard InChI is InChI=1S/C54H86Br4O5Si2/c1-33(59)37-15-17-39-35-27-43(55)53(57)31-51(61,25-23-49(53,9)41(35)19-21-47(37,39)7)29-45(3,4)64(11,12)63-65(13,14)46(5,6)30-52(62)26-24-50(10)42-20-22-48(8)38(34(2)60)16-18-40(48)36(42)28-44(56)54(50,58)32-52/h19-22,35-44,61-62H,15-18,23-32H2,1-14H3/t35?,36?,37-,38-,39?,40?,41?,42?,43?,44?,47-,48-,49-,50-,51-,52+,53?,54?/m1/s1. The molecule has 368 valence electrons. The van der Waals surface area contributed by atoms with Gasteiger partial charge < -0.3 is 14.3 Å². The zero-order valence-corrected chi connectivity index (χ0v) is 51.0. The zero-order valence-electron chi connectivity index (χ0n) is 42.6. The molecule has 18 atom stereocenters. The van der Waals surface area contributed by atoms with E-state index in [1.54, 1.807) is 13.8 Å². The summed E-state index contributed by atoms with van der Waals surface area (Å²) in [5.41, 5.74) is -1.84. The van der Waals surface area contributed by atoms with E-state index < -0.39 is 27.8 Å². The molecule has 2 N–H and O–H groups in total. The smallest absolute Gasteiger partial charge is 0.179 e. The number of fused-ring (bicyclic) bond motifs is 10. The summed E-state index contributed by atoms with van der Waals surface area (Å²) in [6.07, 6.45) is 22.5. The second kappa shape index (κ2) is 16.3. The Labute approximate surface area is 430 Å². The van der Waals surface area contributed by atoms with Crippen LogP contribution in [0.4, 0.5) is 0 Å². The Hall–Kier alpha value is 1.05. The van der Waals surface area contributed by atoms with Crippen LogP contribution in [0.25, 0.3) is 0 Å². The van der Waals surface area contributed by atoms with Crippen LogP contribution >= 0.6 is 63.7 Å². The summed E-state index contributed by atoms with van der Waals surface area (Å²) in [5, 5.41) is 25.4. The van der Waals surface area contributed by atoms with Crippen molar-refractivity contribution in [2.75, 3.05) is 0 Å². The highest BCUT2D eigenvalue weighted by Gasteiger charge is 2.70. The number of hydrogen-bond acceptors (Lipinski definition) is 5. The molecule has 0 bridgehead atoms. The van der Waals surface area contributed by atoms with E-state index in [1.807, 2.05) is 0 Å². The van der Waals surface area contributed by atoms with E-state index in [0.29, 0.717) is 72.8 Å². The second-order valence-electron chi connectivity index (χ2n) is 27.5. The van der Waals surface area contributed by atoms with Gasteiger partial charge in [0.15, 0.2) is 16.6 Å². The summed E-state index contributed by atoms with van der Waals surface area (Å²) in [6.45, 7) is 32.3. The van der Waals surface area contributed by atoms with Crippen LogP contribution in [-0.2, 0) is 13.7 Å². The third-order valence-corrected chi connectivity index (χ3v) is 40.9. The molecule has 10 unspecified atom stereocenters. The molecule has 0 aromatic heterocycles. The fourth-order valence-electron chi connectivity index (χ4n) is 17.9. The van der Waals surface area contributed by atoms with Gasteiger partial charge in [0.25, 0.3) is 0 Å². The minimum atomic E-state index is -2.47. The molecule has 8 aliphatic rings. The van der Waals surface area contributed by atoms with Crippen LogP contribution in [0.3, 0.4) is 0 Å². The van der Waals surface area contributed by atoms with Gasteiger partial charge in [-0.3, -0.25) is 9.59 Å². The van der Waals surface area contributed by atoms with Crippen LogP contribution in [0.15, 0.2) is 24.3 Å². The first kappa shape index (κ1) is 52.4. The van der Waals surface area contributed by atoms with Gasteiger partial charge in [0.05, 0.1) is 11.2 Å². The molecule has 0 spiro atoms. The number of hydrogen-bond donors (Lipinski definition) is 2. The molecule has 0 saturated heterocycles. The molecule has 0 heterocycles. The molecule has 8 rings (SSSR count). The maximum absolute atomic E-state index is 12.9. The van der Waals surface area contributed by atoms with Crippen molar-refractivity contribution in [1.82, 2.24) is 0 Å². The molecule has 0 aliphatic heterocycles. The lowest BCUT2D eigenvalue weighted by atomic mass is 9.45. The van der Waals surface area contributed by atoms with Gasteiger partial charge in [-0.1, -0.05) is 143 Å². The molecule has 5 nitrogen and oxygen atoms in total. The highest BCUT2D eigenvalue weighted by molar-refractivity contribution is 9.13. The lowest BCUT2D eigenvalue weighted by Crippen LogP contribution is -2.66. The van der Waals surface area contributed by atoms with Gasteiger partial charge in [0.2, 0.25) is 0 Å². The topological polar surface area (TPSA) is 83.8 Å². The quantitative estimate of drug-likeness (QED) is 0.129. The van der Waals surface area contributed by atoms with E-state index in [4.69, 9.17) is 4.12 Å². The predicted molar refractivity (Wildman–Crippen MR) is 287 cm³/mol. The van der Waals surface area contributed by atoms with Gasteiger partial charge in [-0.25, -0.2) is 0 Å². The fourth-order valence-corrected chi connectivity index (χ4v) is 31.3. The Balaban J connectivity index is 0.960. The SMILES string of the molecule is CC(=O)[C@H]1CCC2C3CC(Br)C4(Br)C[C@@](O)(CC(C)(C)[Si](C)(C)O[Si](C)(C)C(C)(C)C[C@]5(O)CC[C@]6(C)C7C=C[C@@]8(C)C(CC[C@@H]8C(C)=O)C7CC(Br)C6(Br)C5)CC[C@]4(C)C3C=C[C@@]21C. The van der Waals surface area contributed by atoms with Crippen LogP contribution < -0.4 is 0 Å². The molecule has 0 aromatic rings. The molecule has 0 amide bonds. The van der Waals surface area contributed by atoms with Gasteiger partial charge in [-0.15, -0.1) is 0 Å². The first-order chi connectivity index (χ1) is 29.5. The Morgan fingerprint density at radius 1 is 0.631 bits per heavy atom. The van der Waals surface area contributed by atoms with Crippen LogP contribution in [0.1, 0.15) is 159 Å². The van der Waals surface area contributed by atoms with E-state index in [2.05, 4.69) is 170 Å². The van der Waals surface area contributed by atoms with Crippen molar-refractivity contribution in [3.63, 3.8) is 0 Å². The molecule has 0 radical (unpaired) electrons. The monoisotopic (exact) mass is 1190 g/mol. The minimum absolute atomic E-state index is 0.0297. The zero-order chi connectivity index (χ0) is 48.4. The maximum Gasteiger partial charge on any atom is 0.179 e. The van der Waals surface area contributed by atoms with E-state index in [-0.39, 0.29) is 61.9 Å².